The molecular weight excluding hydrogens is 388 g/mol. The van der Waals surface area contributed by atoms with Crippen LogP contribution in [-0.4, -0.2) is 30.5 Å². The molecule has 2 atom stereocenters. The van der Waals surface area contributed by atoms with Gasteiger partial charge in [0, 0.05) is 16.6 Å². The van der Waals surface area contributed by atoms with Gasteiger partial charge < -0.3 is 10.1 Å². The van der Waals surface area contributed by atoms with E-state index in [2.05, 4.69) is 42.1 Å². The summed E-state index contributed by atoms with van der Waals surface area (Å²) >= 11 is 7.03. The third-order valence-electron chi connectivity index (χ3n) is 3.99. The molecule has 2 fully saturated rings. The van der Waals surface area contributed by atoms with E-state index >= 15 is 0 Å². The number of nitrogens with one attached hydrogen (secondary N) is 1. The molecule has 2 saturated heterocycles. The standard InChI is InChI=1S/C14H16Br2N2O2/c1-20-12-9(6-8(15)7-10(12)16)13-17-14(19)11-4-2-3-5-18(11)13/h6-7,11,13H,2-5H2,1H3,(H,17,19). The fourth-order valence-electron chi connectivity index (χ4n) is 3.11. The first kappa shape index (κ1) is 14.4. The summed E-state index contributed by atoms with van der Waals surface area (Å²) < 4.78 is 7.37. The van der Waals surface area contributed by atoms with Crippen LogP contribution >= 0.6 is 31.9 Å². The van der Waals surface area contributed by atoms with Gasteiger partial charge in [-0.05, 0) is 40.9 Å². The molecule has 2 unspecified atom stereocenters. The van der Waals surface area contributed by atoms with Gasteiger partial charge in [0.25, 0.3) is 0 Å². The van der Waals surface area contributed by atoms with Gasteiger partial charge in [-0.15, -0.1) is 0 Å². The molecule has 1 aromatic carbocycles. The molecule has 6 heteroatoms. The number of methoxy groups -OCH3 is 1. The second-order valence-electron chi connectivity index (χ2n) is 5.17. The van der Waals surface area contributed by atoms with E-state index in [0.29, 0.717) is 0 Å². The van der Waals surface area contributed by atoms with Crippen molar-refractivity contribution >= 4 is 37.8 Å². The number of amides is 1. The van der Waals surface area contributed by atoms with Crippen LogP contribution in [0.2, 0.25) is 0 Å². The maximum absolute atomic E-state index is 12.1. The first-order chi connectivity index (χ1) is 9.61. The number of fused-ring (bicyclic) bond motifs is 1. The van der Waals surface area contributed by atoms with Crippen LogP contribution in [0.4, 0.5) is 0 Å². The van der Waals surface area contributed by atoms with E-state index in [9.17, 15) is 4.79 Å². The lowest BCUT2D eigenvalue weighted by atomic mass is 10.0. The van der Waals surface area contributed by atoms with E-state index < -0.39 is 0 Å². The molecule has 2 aliphatic rings. The summed E-state index contributed by atoms with van der Waals surface area (Å²) in [7, 11) is 1.65. The van der Waals surface area contributed by atoms with E-state index in [-0.39, 0.29) is 18.1 Å². The maximum atomic E-state index is 12.1. The molecule has 0 spiro atoms. The summed E-state index contributed by atoms with van der Waals surface area (Å²) in [5.41, 5.74) is 0.992. The fraction of sp³-hybridized carbons (Fsp3) is 0.500. The highest BCUT2D eigenvalue weighted by Gasteiger charge is 2.42. The number of carbonyl (C=O) groups is 1. The van der Waals surface area contributed by atoms with Crippen LogP contribution in [0.3, 0.4) is 0 Å². The van der Waals surface area contributed by atoms with Crippen molar-refractivity contribution in [3.63, 3.8) is 0 Å². The first-order valence-electron chi connectivity index (χ1n) is 6.71. The Morgan fingerprint density at radius 2 is 2.15 bits per heavy atom. The zero-order chi connectivity index (χ0) is 14.3. The third-order valence-corrected chi connectivity index (χ3v) is 5.04. The maximum Gasteiger partial charge on any atom is 0.238 e. The minimum atomic E-state index is -0.100. The predicted octanol–water partition coefficient (Wildman–Crippen LogP) is 3.20. The molecule has 0 bridgehead atoms. The van der Waals surface area contributed by atoms with Crippen molar-refractivity contribution in [2.24, 2.45) is 0 Å². The van der Waals surface area contributed by atoms with Crippen molar-refractivity contribution in [2.45, 2.75) is 31.5 Å². The highest BCUT2D eigenvalue weighted by Crippen LogP contribution is 2.41. The largest absolute Gasteiger partial charge is 0.495 e. The van der Waals surface area contributed by atoms with Gasteiger partial charge in [0.1, 0.15) is 11.9 Å². The van der Waals surface area contributed by atoms with Gasteiger partial charge in [0.15, 0.2) is 0 Å². The molecule has 0 saturated carbocycles. The molecule has 4 nitrogen and oxygen atoms in total. The van der Waals surface area contributed by atoms with Gasteiger partial charge in [-0.2, -0.15) is 0 Å². The summed E-state index contributed by atoms with van der Waals surface area (Å²) in [5, 5.41) is 3.11. The monoisotopic (exact) mass is 402 g/mol. The van der Waals surface area contributed by atoms with Crippen LogP contribution in [0.25, 0.3) is 0 Å². The lowest BCUT2D eigenvalue weighted by Gasteiger charge is -2.32. The van der Waals surface area contributed by atoms with Crippen LogP contribution in [0.5, 0.6) is 5.75 Å². The molecule has 0 radical (unpaired) electrons. The molecule has 2 heterocycles. The fourth-order valence-corrected chi connectivity index (χ4v) is 4.53. The molecule has 2 aliphatic heterocycles. The van der Waals surface area contributed by atoms with Gasteiger partial charge in [0.2, 0.25) is 5.91 Å². The number of piperidine rings is 1. The smallest absolute Gasteiger partial charge is 0.238 e. The van der Waals surface area contributed by atoms with Gasteiger partial charge in [-0.25, -0.2) is 0 Å². The second-order valence-corrected chi connectivity index (χ2v) is 6.94. The normalized spacial score (nSPS) is 26.2. The lowest BCUT2D eigenvalue weighted by molar-refractivity contribution is -0.122. The number of carbonyl (C=O) groups excluding carboxylic acids is 1. The molecule has 108 valence electrons. The van der Waals surface area contributed by atoms with E-state index in [1.807, 2.05) is 12.1 Å². The quantitative estimate of drug-likeness (QED) is 0.824. The summed E-state index contributed by atoms with van der Waals surface area (Å²) in [4.78, 5) is 14.4. The first-order valence-corrected chi connectivity index (χ1v) is 8.29. The molecule has 1 N–H and O–H groups in total. The SMILES string of the molecule is COc1c(Br)cc(Br)cc1C1NC(=O)C2CCCCN21. The Hall–Kier alpha value is -0.590. The van der Waals surface area contributed by atoms with Crippen molar-refractivity contribution < 1.29 is 9.53 Å². The topological polar surface area (TPSA) is 41.6 Å². The molecule has 0 aromatic heterocycles. The zero-order valence-electron chi connectivity index (χ0n) is 11.2. The highest BCUT2D eigenvalue weighted by atomic mass is 79.9. The average Bonchev–Trinajstić information content (AvgIpc) is 2.76. The average molecular weight is 404 g/mol. The summed E-state index contributed by atoms with van der Waals surface area (Å²) in [5.74, 6) is 0.914. The number of halogens is 2. The van der Waals surface area contributed by atoms with Crippen molar-refractivity contribution in [1.82, 2.24) is 10.2 Å². The van der Waals surface area contributed by atoms with Gasteiger partial charge in [-0.3, -0.25) is 9.69 Å². The van der Waals surface area contributed by atoms with Crippen molar-refractivity contribution in [2.75, 3.05) is 13.7 Å². The summed E-state index contributed by atoms with van der Waals surface area (Å²) in [6.07, 6.45) is 3.11. The van der Waals surface area contributed by atoms with Crippen LogP contribution in [0, 0.1) is 0 Å². The van der Waals surface area contributed by atoms with E-state index in [1.165, 1.54) is 0 Å². The number of benzene rings is 1. The van der Waals surface area contributed by atoms with Crippen LogP contribution in [0.15, 0.2) is 21.1 Å². The summed E-state index contributed by atoms with van der Waals surface area (Å²) in [6.45, 7) is 0.946. The number of ether oxygens (including phenoxy) is 1. The van der Waals surface area contributed by atoms with E-state index in [0.717, 1.165) is 46.1 Å². The number of nitrogens with zero attached hydrogens (tertiary/aromatic N) is 1. The Morgan fingerprint density at radius 3 is 2.90 bits per heavy atom. The van der Waals surface area contributed by atoms with Crippen LogP contribution in [-0.2, 0) is 4.79 Å². The Morgan fingerprint density at radius 1 is 1.35 bits per heavy atom. The zero-order valence-corrected chi connectivity index (χ0v) is 14.3. The van der Waals surface area contributed by atoms with Gasteiger partial charge in [-0.1, -0.05) is 22.4 Å². The minimum absolute atomic E-state index is 0.0104. The van der Waals surface area contributed by atoms with Crippen LogP contribution < -0.4 is 10.1 Å². The Bertz CT molecular complexity index is 550. The Balaban J connectivity index is 2.02. The van der Waals surface area contributed by atoms with Crippen LogP contribution in [0.1, 0.15) is 31.0 Å². The number of rotatable bonds is 2. The number of hydrogen-bond donors (Lipinski definition) is 1. The molecule has 0 aliphatic carbocycles. The van der Waals surface area contributed by atoms with Crippen molar-refractivity contribution in [3.05, 3.63) is 26.6 Å². The molecular formula is C14H16Br2N2O2. The van der Waals surface area contributed by atoms with Gasteiger partial charge >= 0.3 is 0 Å². The Labute approximate surface area is 135 Å². The van der Waals surface area contributed by atoms with Crippen molar-refractivity contribution in [1.29, 1.82) is 0 Å². The molecule has 3 rings (SSSR count). The van der Waals surface area contributed by atoms with Gasteiger partial charge in [0.05, 0.1) is 17.6 Å². The van der Waals surface area contributed by atoms with Crippen molar-refractivity contribution in [3.8, 4) is 5.75 Å². The van der Waals surface area contributed by atoms with E-state index in [1.54, 1.807) is 7.11 Å². The van der Waals surface area contributed by atoms with E-state index in [4.69, 9.17) is 4.74 Å². The highest BCUT2D eigenvalue weighted by molar-refractivity contribution is 9.11. The Kier molecular flexibility index (Phi) is 4.06. The predicted molar refractivity (Wildman–Crippen MR) is 83.6 cm³/mol. The minimum Gasteiger partial charge on any atom is -0.495 e. The molecule has 1 amide bonds. The lowest BCUT2D eigenvalue weighted by Crippen LogP contribution is -2.38. The third kappa shape index (κ3) is 2.38. The molecule has 1 aromatic rings. The second kappa shape index (κ2) is 5.66. The summed E-state index contributed by atoms with van der Waals surface area (Å²) in [6, 6.07) is 3.98. The molecule has 20 heavy (non-hydrogen) atoms. The number of hydrogen-bond acceptors (Lipinski definition) is 3.